The smallest absolute Gasteiger partial charge is 0.268 e. The zero-order valence-corrected chi connectivity index (χ0v) is 11.1. The van der Waals surface area contributed by atoms with E-state index >= 15 is 0 Å². The number of nitrogens with zero attached hydrogens (tertiary/aromatic N) is 3. The molecule has 0 aliphatic rings. The molecule has 0 spiro atoms. The summed E-state index contributed by atoms with van der Waals surface area (Å²) in [6, 6.07) is 1.67. The number of hydrogen-bond donors (Lipinski definition) is 2. The second-order valence-corrected chi connectivity index (χ2v) is 4.28. The number of nitrogens with two attached hydrogens (primary N) is 1. The molecule has 19 heavy (non-hydrogen) atoms. The molecule has 1 amide bonds. The van der Waals surface area contributed by atoms with Crippen LogP contribution in [0.1, 0.15) is 28.8 Å². The lowest BCUT2D eigenvalue weighted by molar-refractivity contribution is 0.0941. The molecule has 6 nitrogen and oxygen atoms in total. The van der Waals surface area contributed by atoms with Crippen molar-refractivity contribution < 1.29 is 4.79 Å². The van der Waals surface area contributed by atoms with Crippen molar-refractivity contribution in [2.75, 3.05) is 5.73 Å². The summed E-state index contributed by atoms with van der Waals surface area (Å²) < 4.78 is 1.81. The predicted octanol–water partition coefficient (Wildman–Crippen LogP) is 1.12. The summed E-state index contributed by atoms with van der Waals surface area (Å²) in [6.45, 7) is 4.87. The largest absolute Gasteiger partial charge is 0.397 e. The van der Waals surface area contributed by atoms with Gasteiger partial charge in [-0.1, -0.05) is 0 Å². The van der Waals surface area contributed by atoms with Gasteiger partial charge in [0, 0.05) is 18.9 Å². The van der Waals surface area contributed by atoms with Crippen molar-refractivity contribution >= 4 is 11.6 Å². The van der Waals surface area contributed by atoms with E-state index in [-0.39, 0.29) is 5.91 Å². The van der Waals surface area contributed by atoms with E-state index in [1.165, 1.54) is 0 Å². The summed E-state index contributed by atoms with van der Waals surface area (Å²) >= 11 is 0. The Balaban J connectivity index is 2.03. The highest BCUT2D eigenvalue weighted by atomic mass is 16.1. The molecule has 2 rings (SSSR count). The fraction of sp³-hybridized carbons (Fsp3) is 0.308. The van der Waals surface area contributed by atoms with E-state index in [1.54, 1.807) is 24.7 Å². The molecule has 0 saturated heterocycles. The molecule has 2 aromatic heterocycles. The van der Waals surface area contributed by atoms with E-state index < -0.39 is 0 Å². The first-order valence-corrected chi connectivity index (χ1v) is 6.11. The lowest BCUT2D eigenvalue weighted by Gasteiger charge is -2.07. The maximum Gasteiger partial charge on any atom is 0.268 e. The van der Waals surface area contributed by atoms with Gasteiger partial charge in [0.1, 0.15) is 5.69 Å². The van der Waals surface area contributed by atoms with E-state index in [0.29, 0.717) is 24.5 Å². The Kier molecular flexibility index (Phi) is 3.79. The molecule has 0 fully saturated rings. The van der Waals surface area contributed by atoms with Crippen LogP contribution in [0.3, 0.4) is 0 Å². The molecule has 2 aromatic rings. The van der Waals surface area contributed by atoms with Crippen LogP contribution in [0.15, 0.2) is 24.7 Å². The Morgan fingerprint density at radius 3 is 2.84 bits per heavy atom. The molecule has 0 aliphatic carbocycles. The minimum absolute atomic E-state index is 0.166. The van der Waals surface area contributed by atoms with Crippen molar-refractivity contribution in [3.8, 4) is 0 Å². The van der Waals surface area contributed by atoms with Crippen LogP contribution >= 0.6 is 0 Å². The van der Waals surface area contributed by atoms with E-state index in [4.69, 9.17) is 5.73 Å². The zero-order valence-electron chi connectivity index (χ0n) is 11.1. The Morgan fingerprint density at radius 1 is 1.42 bits per heavy atom. The number of hydrogen-bond acceptors (Lipinski definition) is 4. The highest BCUT2D eigenvalue weighted by Crippen LogP contribution is 2.10. The van der Waals surface area contributed by atoms with Crippen molar-refractivity contribution in [3.63, 3.8) is 0 Å². The van der Waals surface area contributed by atoms with Crippen molar-refractivity contribution in [3.05, 3.63) is 41.7 Å². The third-order valence-electron chi connectivity index (χ3n) is 2.76. The third kappa shape index (κ3) is 3.09. The van der Waals surface area contributed by atoms with Gasteiger partial charge in [-0.05, 0) is 19.9 Å². The molecular weight excluding hydrogens is 242 g/mol. The van der Waals surface area contributed by atoms with E-state index in [2.05, 4.69) is 15.3 Å². The molecule has 2 heterocycles. The van der Waals surface area contributed by atoms with Crippen molar-refractivity contribution in [2.45, 2.75) is 26.9 Å². The van der Waals surface area contributed by atoms with E-state index in [9.17, 15) is 4.79 Å². The number of carbonyl (C=O) groups is 1. The third-order valence-corrected chi connectivity index (χ3v) is 2.76. The number of nitrogen functional groups attached to an aromatic ring is 1. The zero-order chi connectivity index (χ0) is 13.8. The topological polar surface area (TPSA) is 85.8 Å². The normalized spacial score (nSPS) is 10.4. The van der Waals surface area contributed by atoms with Crippen LogP contribution in [0.25, 0.3) is 0 Å². The number of rotatable bonds is 4. The number of aryl methyl sites for hydroxylation is 2. The monoisotopic (exact) mass is 259 g/mol. The number of aromatic nitrogens is 3. The van der Waals surface area contributed by atoms with Gasteiger partial charge in [0.05, 0.1) is 29.8 Å². The molecule has 3 N–H and O–H groups in total. The lowest BCUT2D eigenvalue weighted by atomic mass is 10.3. The van der Waals surface area contributed by atoms with Crippen LogP contribution in [-0.4, -0.2) is 20.4 Å². The minimum atomic E-state index is -0.166. The fourth-order valence-corrected chi connectivity index (χ4v) is 1.76. The Morgan fingerprint density at radius 2 is 2.21 bits per heavy atom. The van der Waals surface area contributed by atoms with Gasteiger partial charge in [-0.3, -0.25) is 14.8 Å². The van der Waals surface area contributed by atoms with Crippen LogP contribution in [0.5, 0.6) is 0 Å². The average molecular weight is 259 g/mol. The maximum atomic E-state index is 12.0. The van der Waals surface area contributed by atoms with Crippen molar-refractivity contribution in [1.82, 2.24) is 19.9 Å². The van der Waals surface area contributed by atoms with Gasteiger partial charge >= 0.3 is 0 Å². The predicted molar refractivity (Wildman–Crippen MR) is 72.5 cm³/mol. The molecule has 0 aliphatic heterocycles. The van der Waals surface area contributed by atoms with Crippen LogP contribution in [0.2, 0.25) is 0 Å². The van der Waals surface area contributed by atoms with Gasteiger partial charge in [0.2, 0.25) is 0 Å². The first kappa shape index (κ1) is 13.1. The van der Waals surface area contributed by atoms with Gasteiger partial charge in [-0.25, -0.2) is 0 Å². The molecule has 0 saturated carbocycles. The van der Waals surface area contributed by atoms with Crippen LogP contribution in [0, 0.1) is 6.92 Å². The summed E-state index contributed by atoms with van der Waals surface area (Å²) in [5.74, 6) is -0.166. The first-order valence-electron chi connectivity index (χ1n) is 6.11. The van der Waals surface area contributed by atoms with E-state index in [0.717, 1.165) is 11.4 Å². The number of carbonyl (C=O) groups excluding carboxylic acids is 1. The Bertz CT molecular complexity index is 573. The van der Waals surface area contributed by atoms with Crippen LogP contribution in [-0.2, 0) is 13.1 Å². The number of nitrogens with one attached hydrogen (secondary N) is 1. The van der Waals surface area contributed by atoms with E-state index in [1.807, 2.05) is 18.4 Å². The van der Waals surface area contributed by atoms with Crippen LogP contribution < -0.4 is 11.1 Å². The molecule has 6 heteroatoms. The number of anilines is 1. The highest BCUT2D eigenvalue weighted by molar-refractivity contribution is 5.93. The van der Waals surface area contributed by atoms with Gasteiger partial charge in [0.25, 0.3) is 5.91 Å². The second kappa shape index (κ2) is 5.51. The summed E-state index contributed by atoms with van der Waals surface area (Å²) in [5.41, 5.74) is 8.41. The summed E-state index contributed by atoms with van der Waals surface area (Å²) in [4.78, 5) is 20.4. The van der Waals surface area contributed by atoms with Gasteiger partial charge in [-0.2, -0.15) is 0 Å². The quantitative estimate of drug-likeness (QED) is 0.861. The first-order chi connectivity index (χ1) is 9.10. The summed E-state index contributed by atoms with van der Waals surface area (Å²) in [5, 5.41) is 2.80. The lowest BCUT2D eigenvalue weighted by Crippen LogP contribution is -2.25. The molecule has 100 valence electrons. The number of amides is 1. The highest BCUT2D eigenvalue weighted by Gasteiger charge is 2.11. The van der Waals surface area contributed by atoms with Crippen molar-refractivity contribution in [2.24, 2.45) is 0 Å². The molecular formula is C13H17N5O. The maximum absolute atomic E-state index is 12.0. The molecule has 0 atom stereocenters. The van der Waals surface area contributed by atoms with Gasteiger partial charge in [0.15, 0.2) is 0 Å². The molecule has 0 radical (unpaired) electrons. The Labute approximate surface area is 111 Å². The molecule has 0 bridgehead atoms. The standard InChI is InChI=1S/C13H17N5O/c1-3-18-8-10(14)4-12(18)13(19)17-7-11-6-15-9(2)5-16-11/h4-6,8H,3,7,14H2,1-2H3,(H,17,19). The summed E-state index contributed by atoms with van der Waals surface area (Å²) in [7, 11) is 0. The van der Waals surface area contributed by atoms with Gasteiger partial charge in [-0.15, -0.1) is 0 Å². The SMILES string of the molecule is CCn1cc(N)cc1C(=O)NCc1cnc(C)cn1. The fourth-order valence-electron chi connectivity index (χ4n) is 1.76. The second-order valence-electron chi connectivity index (χ2n) is 4.28. The molecule has 0 unspecified atom stereocenters. The average Bonchev–Trinajstić information content (AvgIpc) is 2.79. The molecule has 0 aromatic carbocycles. The van der Waals surface area contributed by atoms with Crippen molar-refractivity contribution in [1.29, 1.82) is 0 Å². The van der Waals surface area contributed by atoms with Crippen LogP contribution in [0.4, 0.5) is 5.69 Å². The van der Waals surface area contributed by atoms with Gasteiger partial charge < -0.3 is 15.6 Å². The minimum Gasteiger partial charge on any atom is -0.397 e. The summed E-state index contributed by atoms with van der Waals surface area (Å²) in [6.07, 6.45) is 5.08. The Hall–Kier alpha value is -2.37.